The molecule has 0 aliphatic carbocycles. The van der Waals surface area contributed by atoms with Gasteiger partial charge in [-0.1, -0.05) is 139 Å². The smallest absolute Gasteiger partial charge is 0.411 e. The van der Waals surface area contributed by atoms with Gasteiger partial charge in [-0.25, -0.2) is 21.8 Å². The molecule has 0 radical (unpaired) electrons. The number of para-hydroxylation sites is 2. The van der Waals surface area contributed by atoms with Crippen molar-refractivity contribution in [1.29, 1.82) is 0 Å². The molecule has 13 aromatic rings. The molecule has 0 fully saturated rings. The van der Waals surface area contributed by atoms with Crippen LogP contribution >= 0.6 is 0 Å². The van der Waals surface area contributed by atoms with E-state index in [4.69, 9.17) is 23.2 Å². The fourth-order valence-corrected chi connectivity index (χ4v) is 15.7. The number of ketones is 1. The van der Waals surface area contributed by atoms with Gasteiger partial charge in [0.15, 0.2) is 11.4 Å². The number of hydrogen-bond acceptors (Lipinski definition) is 12. The van der Waals surface area contributed by atoms with Crippen LogP contribution in [-0.4, -0.2) is 71.5 Å². The molecular weight excluding hydrogens is 1580 g/mol. The van der Waals surface area contributed by atoms with Gasteiger partial charge in [-0.3, -0.25) is 9.35 Å². The van der Waals surface area contributed by atoms with Crippen LogP contribution in [0.3, 0.4) is 0 Å². The maximum atomic E-state index is 15.2. The van der Waals surface area contributed by atoms with Gasteiger partial charge in [0, 0.05) is 16.7 Å². The molecular formula is C87H65F12NO12S3. The third kappa shape index (κ3) is 17.9. The second-order valence-corrected chi connectivity index (χ2v) is 32.2. The van der Waals surface area contributed by atoms with Gasteiger partial charge in [0.25, 0.3) is 10.1 Å². The minimum atomic E-state index is -5.94. The second kappa shape index (κ2) is 32.6. The molecule has 0 saturated heterocycles. The number of sulfone groups is 2. The first kappa shape index (κ1) is 82.6. The summed E-state index contributed by atoms with van der Waals surface area (Å²) in [6.45, 7) is 3.75. The van der Waals surface area contributed by atoms with E-state index in [-0.39, 0.29) is 66.3 Å². The normalized spacial score (nSPS) is 12.6. The highest BCUT2D eigenvalue weighted by Gasteiger charge is 2.73. The first-order valence-corrected chi connectivity index (χ1v) is 39.8. The van der Waals surface area contributed by atoms with Crippen molar-refractivity contribution in [1.82, 2.24) is 4.98 Å². The third-order valence-corrected chi connectivity index (χ3v) is 22.6. The van der Waals surface area contributed by atoms with Crippen LogP contribution in [0.25, 0.3) is 33.7 Å². The molecule has 115 heavy (non-hydrogen) atoms. The SMILES string of the molecule is CS(=O)(=O)O.Cc1ccc(S(=O)(=O)c2ccc(Oc3ccc(C(c4ccc(Oc5ccc(S(=O)(=O)c6ccc(CCCCc7ccc(C(c8ccc(Oc9ccc(C(=O)c%10ccc(-c%11ccc(C)c(-c%12nc%13ccccc%13o%12)c%11)cc%10)cc9)cc8)(C(F)(F)F)C(F)(F)F)cc7)cc6)cc5)cc4)(C(F)(F)F)C(F)(F)F)cc3)cc2)cc1. The van der Waals surface area contributed by atoms with Crippen molar-refractivity contribution in [2.75, 3.05) is 6.26 Å². The van der Waals surface area contributed by atoms with E-state index in [0.717, 1.165) is 81.9 Å². The molecule has 0 aliphatic rings. The number of hydrogen-bond donors (Lipinski definition) is 1. The number of oxazole rings is 1. The summed E-state index contributed by atoms with van der Waals surface area (Å²) in [4.78, 5) is 17.9. The van der Waals surface area contributed by atoms with E-state index in [9.17, 15) is 30.0 Å². The number of aromatic nitrogens is 1. The topological polar surface area (TPSA) is 193 Å². The number of carbonyl (C=O) groups is 1. The molecule has 13 nitrogen and oxygen atoms in total. The summed E-state index contributed by atoms with van der Waals surface area (Å²) >= 11 is 0. The maximum Gasteiger partial charge on any atom is 0.411 e. The number of rotatable bonds is 23. The van der Waals surface area contributed by atoms with E-state index in [1.54, 1.807) is 43.3 Å². The quantitative estimate of drug-likeness (QED) is 0.0275. The van der Waals surface area contributed by atoms with Crippen LogP contribution < -0.4 is 14.2 Å². The summed E-state index contributed by atoms with van der Waals surface area (Å²) in [7, 11) is -11.7. The number of unbranched alkanes of at least 4 members (excludes halogenated alkanes) is 1. The predicted molar refractivity (Wildman–Crippen MR) is 407 cm³/mol. The average molecular weight is 1640 g/mol. The van der Waals surface area contributed by atoms with Crippen molar-refractivity contribution < 1.29 is 106 Å². The standard InChI is InChI=1S/C86H61F12NO9S2.CH4O3S/c1-54-11-45-72(46-12-54)109(101,102)74-49-41-70(42-50-74)106-68-37-29-64(30-38-68)82(85(93,94)95,86(96,97)98)65-31-39-69(40-32-65)107-71-43-51-75(52-44-71)110(103,104)73-47-16-57(17-48-73)8-4-3-7-56-14-25-62(26-15-56)81(83(87,88)89,84(90,91)92)63-27-35-67(36-28-63)105-66-33-23-60(24-34-66)79(100)59-21-19-58(20-22-59)61-18-13-55(2)76(53-61)80-99-77-9-5-6-10-78(77)108-80;1-5(2,3)4/h5-6,9-53H,3-4,7-8H2,1-2H3;1H3,(H,2,3,4). The highest BCUT2D eigenvalue weighted by Crippen LogP contribution is 2.58. The Kier molecular flexibility index (Phi) is 23.4. The van der Waals surface area contributed by atoms with Gasteiger partial charge in [0.1, 0.15) is 40.0 Å². The van der Waals surface area contributed by atoms with Crippen molar-refractivity contribution in [2.45, 2.75) is 94.6 Å². The Morgan fingerprint density at radius 1 is 0.383 bits per heavy atom. The number of nitrogens with zero attached hydrogens (tertiary/aromatic N) is 1. The lowest BCUT2D eigenvalue weighted by molar-refractivity contribution is -0.290. The molecule has 1 N–H and O–H groups in total. The second-order valence-electron chi connectivity index (χ2n) is 26.9. The van der Waals surface area contributed by atoms with Crippen LogP contribution in [0.4, 0.5) is 52.7 Å². The Labute approximate surface area is 652 Å². The number of fused-ring (bicyclic) bond motifs is 1. The Bertz CT molecular complexity index is 5920. The van der Waals surface area contributed by atoms with Gasteiger partial charge in [0.2, 0.25) is 36.4 Å². The zero-order valence-electron chi connectivity index (χ0n) is 60.6. The Balaban J connectivity index is 0.00000237. The molecule has 1 aromatic heterocycles. The third-order valence-electron chi connectivity index (χ3n) is 19.0. The molecule has 0 aliphatic heterocycles. The molecule has 0 amide bonds. The van der Waals surface area contributed by atoms with Crippen LogP contribution in [0.1, 0.15) is 73.3 Å². The van der Waals surface area contributed by atoms with Gasteiger partial charge in [0.05, 0.1) is 25.8 Å². The van der Waals surface area contributed by atoms with Crippen LogP contribution in [0.15, 0.2) is 309 Å². The van der Waals surface area contributed by atoms with Crippen LogP contribution in [-0.2, 0) is 53.5 Å². The van der Waals surface area contributed by atoms with Crippen LogP contribution in [0.5, 0.6) is 34.5 Å². The maximum absolute atomic E-state index is 15.2. The Morgan fingerprint density at radius 3 is 1.03 bits per heavy atom. The molecule has 28 heteroatoms. The summed E-state index contributed by atoms with van der Waals surface area (Å²) in [5.74, 6) is -0.0623. The minimum Gasteiger partial charge on any atom is -0.457 e. The summed E-state index contributed by atoms with van der Waals surface area (Å²) < 4.78 is 285. The van der Waals surface area contributed by atoms with E-state index in [1.165, 1.54) is 109 Å². The first-order chi connectivity index (χ1) is 54.2. The first-order valence-electron chi connectivity index (χ1n) is 34.9. The zero-order valence-corrected chi connectivity index (χ0v) is 63.1. The summed E-state index contributed by atoms with van der Waals surface area (Å²) in [6, 6.07) is 61.8. The van der Waals surface area contributed by atoms with Crippen molar-refractivity contribution in [3.63, 3.8) is 0 Å². The minimum absolute atomic E-state index is 0.0197. The summed E-state index contributed by atoms with van der Waals surface area (Å²) in [5, 5.41) is 0. The fraction of sp³-hybridized carbons (Fsp3) is 0.149. The molecule has 0 spiro atoms. The number of alkyl halides is 12. The number of halogens is 12. The molecule has 13 rings (SSSR count). The van der Waals surface area contributed by atoms with Crippen LogP contribution in [0.2, 0.25) is 0 Å². The number of carbonyl (C=O) groups excluding carboxylic acids is 1. The van der Waals surface area contributed by atoms with E-state index in [0.29, 0.717) is 95.6 Å². The largest absolute Gasteiger partial charge is 0.457 e. The highest BCUT2D eigenvalue weighted by molar-refractivity contribution is 7.91. The average Bonchev–Trinajstić information content (AvgIpc) is 0.910. The van der Waals surface area contributed by atoms with Gasteiger partial charge < -0.3 is 18.6 Å². The lowest BCUT2D eigenvalue weighted by Gasteiger charge is -2.38. The molecule has 592 valence electrons. The Morgan fingerprint density at radius 2 is 0.678 bits per heavy atom. The zero-order chi connectivity index (χ0) is 82.7. The van der Waals surface area contributed by atoms with E-state index >= 15 is 52.7 Å². The van der Waals surface area contributed by atoms with Gasteiger partial charge >= 0.3 is 24.7 Å². The van der Waals surface area contributed by atoms with E-state index in [2.05, 4.69) is 4.98 Å². The molecule has 0 unspecified atom stereocenters. The molecule has 0 saturated carbocycles. The van der Waals surface area contributed by atoms with E-state index in [1.807, 2.05) is 61.5 Å². The lowest BCUT2D eigenvalue weighted by atomic mass is 9.72. The van der Waals surface area contributed by atoms with Crippen molar-refractivity contribution in [2.24, 2.45) is 0 Å². The predicted octanol–water partition coefficient (Wildman–Crippen LogP) is 22.9. The van der Waals surface area contributed by atoms with Crippen molar-refractivity contribution >= 4 is 46.7 Å². The molecule has 1 heterocycles. The summed E-state index contributed by atoms with van der Waals surface area (Å²) in [5.41, 5.74) is -5.95. The van der Waals surface area contributed by atoms with Crippen LogP contribution in [0, 0.1) is 13.8 Å². The number of aryl methyl sites for hydroxylation is 4. The van der Waals surface area contributed by atoms with Gasteiger partial charge in [-0.15, -0.1) is 0 Å². The monoisotopic (exact) mass is 1640 g/mol. The molecule has 12 aromatic carbocycles. The number of ether oxygens (including phenoxy) is 3. The van der Waals surface area contributed by atoms with E-state index < -0.39 is 87.6 Å². The lowest BCUT2D eigenvalue weighted by Crippen LogP contribution is -2.54. The van der Waals surface area contributed by atoms with Crippen molar-refractivity contribution in [3.05, 3.63) is 341 Å². The van der Waals surface area contributed by atoms with Crippen molar-refractivity contribution in [3.8, 4) is 57.1 Å². The highest BCUT2D eigenvalue weighted by atomic mass is 32.2. The molecule has 0 atom stereocenters. The summed E-state index contributed by atoms with van der Waals surface area (Å²) in [6.07, 6.45) is -21.3. The number of benzene rings is 12. The fourth-order valence-electron chi connectivity index (χ4n) is 13.1. The van der Waals surface area contributed by atoms with Gasteiger partial charge in [-0.2, -0.15) is 61.1 Å². The van der Waals surface area contributed by atoms with Gasteiger partial charge in [-0.05, 0) is 241 Å². The molecule has 0 bridgehead atoms. The Hall–Kier alpha value is -11.9.